The molecule has 1 rings (SSSR count). The molecular weight excluding hydrogens is 192 g/mol. The summed E-state index contributed by atoms with van der Waals surface area (Å²) in [6.45, 7) is 3.97. The number of carbonyl (C=O) groups excluding carboxylic acids is 1. The van der Waals surface area contributed by atoms with Crippen LogP contribution in [0.2, 0.25) is 0 Å². The molecule has 2 atom stereocenters. The summed E-state index contributed by atoms with van der Waals surface area (Å²) >= 11 is 0. The van der Waals surface area contributed by atoms with Crippen LogP contribution < -0.4 is 11.1 Å². The Hall–Kier alpha value is -1.65. The third kappa shape index (κ3) is 3.19. The van der Waals surface area contributed by atoms with Crippen LogP contribution in [0.1, 0.15) is 20.3 Å². The molecule has 0 aliphatic carbocycles. The first kappa shape index (κ1) is 11.4. The van der Waals surface area contributed by atoms with E-state index >= 15 is 0 Å². The van der Waals surface area contributed by atoms with Crippen LogP contribution in [0.3, 0.4) is 0 Å². The van der Waals surface area contributed by atoms with Crippen LogP contribution >= 0.6 is 0 Å². The van der Waals surface area contributed by atoms with Crippen molar-refractivity contribution in [3.8, 4) is 0 Å². The molecule has 5 nitrogen and oxygen atoms in total. The van der Waals surface area contributed by atoms with Gasteiger partial charge in [-0.05, 0) is 12.0 Å². The monoisotopic (exact) mass is 208 g/mol. The minimum atomic E-state index is -0.419. The smallest absolute Gasteiger partial charge is 0.240 e. The highest BCUT2D eigenvalue weighted by molar-refractivity contribution is 5.82. The number of anilines is 1. The standard InChI is InChI=1S/C10H16N4O/c1-3-7(2)8(9(11)15)14-10-12-5-4-6-13-10/h4-8H,3H2,1-2H3,(H2,11,15)(H,12,13,14)/t7-,8-/m1/s1. The van der Waals surface area contributed by atoms with Crippen molar-refractivity contribution in [3.05, 3.63) is 18.5 Å². The van der Waals surface area contributed by atoms with Gasteiger partial charge in [0.05, 0.1) is 0 Å². The lowest BCUT2D eigenvalue weighted by molar-refractivity contribution is -0.119. The van der Waals surface area contributed by atoms with Gasteiger partial charge < -0.3 is 11.1 Å². The van der Waals surface area contributed by atoms with Crippen LogP contribution in [-0.2, 0) is 4.79 Å². The van der Waals surface area contributed by atoms with Gasteiger partial charge in [-0.1, -0.05) is 20.3 Å². The van der Waals surface area contributed by atoms with Crippen molar-refractivity contribution in [3.63, 3.8) is 0 Å². The van der Waals surface area contributed by atoms with E-state index < -0.39 is 6.04 Å². The number of hydrogen-bond donors (Lipinski definition) is 2. The average molecular weight is 208 g/mol. The number of aromatic nitrogens is 2. The lowest BCUT2D eigenvalue weighted by atomic mass is 9.99. The lowest BCUT2D eigenvalue weighted by Crippen LogP contribution is -2.40. The first-order valence-electron chi connectivity index (χ1n) is 4.98. The topological polar surface area (TPSA) is 80.9 Å². The highest BCUT2D eigenvalue weighted by atomic mass is 16.1. The molecule has 1 amide bonds. The predicted molar refractivity (Wildman–Crippen MR) is 58.1 cm³/mol. The number of nitrogens with zero attached hydrogens (tertiary/aromatic N) is 2. The first-order chi connectivity index (χ1) is 7.15. The van der Waals surface area contributed by atoms with Gasteiger partial charge in [-0.25, -0.2) is 9.97 Å². The number of rotatable bonds is 5. The van der Waals surface area contributed by atoms with E-state index in [1.807, 2.05) is 13.8 Å². The summed E-state index contributed by atoms with van der Waals surface area (Å²) in [5, 5.41) is 2.93. The maximum absolute atomic E-state index is 11.2. The molecule has 0 aliphatic heterocycles. The Morgan fingerprint density at radius 2 is 2.13 bits per heavy atom. The van der Waals surface area contributed by atoms with E-state index in [2.05, 4.69) is 15.3 Å². The molecule has 0 saturated carbocycles. The van der Waals surface area contributed by atoms with Crippen molar-refractivity contribution in [2.24, 2.45) is 11.7 Å². The third-order valence-electron chi connectivity index (χ3n) is 2.37. The number of hydrogen-bond acceptors (Lipinski definition) is 4. The minimum Gasteiger partial charge on any atom is -0.368 e. The number of amides is 1. The van der Waals surface area contributed by atoms with Crippen molar-refractivity contribution < 1.29 is 4.79 Å². The molecule has 1 aromatic rings. The fourth-order valence-corrected chi connectivity index (χ4v) is 1.24. The van der Waals surface area contributed by atoms with E-state index in [4.69, 9.17) is 5.73 Å². The molecule has 82 valence electrons. The molecule has 0 bridgehead atoms. The second-order valence-corrected chi connectivity index (χ2v) is 3.48. The maximum Gasteiger partial charge on any atom is 0.240 e. The van der Waals surface area contributed by atoms with Crippen molar-refractivity contribution >= 4 is 11.9 Å². The highest BCUT2D eigenvalue weighted by Crippen LogP contribution is 2.11. The molecule has 0 aliphatic rings. The van der Waals surface area contributed by atoms with E-state index in [0.717, 1.165) is 6.42 Å². The normalized spacial score (nSPS) is 14.3. The summed E-state index contributed by atoms with van der Waals surface area (Å²) in [6.07, 6.45) is 4.10. The minimum absolute atomic E-state index is 0.159. The van der Waals surface area contributed by atoms with E-state index in [1.165, 1.54) is 0 Å². The fraction of sp³-hybridized carbons (Fsp3) is 0.500. The van der Waals surface area contributed by atoms with Crippen LogP contribution in [0.25, 0.3) is 0 Å². The predicted octanol–water partition coefficient (Wildman–Crippen LogP) is 0.788. The molecule has 0 saturated heterocycles. The van der Waals surface area contributed by atoms with Gasteiger partial charge in [0.1, 0.15) is 6.04 Å². The zero-order chi connectivity index (χ0) is 11.3. The van der Waals surface area contributed by atoms with Gasteiger partial charge in [-0.2, -0.15) is 0 Å². The zero-order valence-electron chi connectivity index (χ0n) is 8.97. The number of primary amides is 1. The Labute approximate surface area is 89.1 Å². The van der Waals surface area contributed by atoms with Crippen molar-refractivity contribution in [1.29, 1.82) is 0 Å². The first-order valence-corrected chi connectivity index (χ1v) is 4.98. The molecule has 3 N–H and O–H groups in total. The van der Waals surface area contributed by atoms with E-state index in [1.54, 1.807) is 18.5 Å². The van der Waals surface area contributed by atoms with Crippen LogP contribution in [0.15, 0.2) is 18.5 Å². The quantitative estimate of drug-likeness (QED) is 0.749. The van der Waals surface area contributed by atoms with Crippen molar-refractivity contribution in [2.75, 3.05) is 5.32 Å². The van der Waals surface area contributed by atoms with Gasteiger partial charge in [0.2, 0.25) is 11.9 Å². The highest BCUT2D eigenvalue weighted by Gasteiger charge is 2.21. The van der Waals surface area contributed by atoms with Crippen LogP contribution in [0, 0.1) is 5.92 Å². The Morgan fingerprint density at radius 1 is 1.53 bits per heavy atom. The summed E-state index contributed by atoms with van der Waals surface area (Å²) < 4.78 is 0. The largest absolute Gasteiger partial charge is 0.368 e. The summed E-state index contributed by atoms with van der Waals surface area (Å²) in [5.41, 5.74) is 5.30. The second kappa shape index (κ2) is 5.29. The number of nitrogens with one attached hydrogen (secondary N) is 1. The van der Waals surface area contributed by atoms with Crippen LogP contribution in [-0.4, -0.2) is 21.9 Å². The molecule has 0 radical (unpaired) electrons. The summed E-state index contributed by atoms with van der Waals surface area (Å²) in [5.74, 6) is 0.213. The molecule has 0 aromatic carbocycles. The van der Waals surface area contributed by atoms with Gasteiger partial charge in [0.25, 0.3) is 0 Å². The van der Waals surface area contributed by atoms with Gasteiger partial charge in [0, 0.05) is 12.4 Å². The molecule has 0 spiro atoms. The average Bonchev–Trinajstić information content (AvgIpc) is 2.26. The van der Waals surface area contributed by atoms with Gasteiger partial charge in [-0.3, -0.25) is 4.79 Å². The fourth-order valence-electron chi connectivity index (χ4n) is 1.24. The molecule has 1 heterocycles. The number of carbonyl (C=O) groups is 1. The summed E-state index contributed by atoms with van der Waals surface area (Å²) in [7, 11) is 0. The van der Waals surface area contributed by atoms with Crippen molar-refractivity contribution in [2.45, 2.75) is 26.3 Å². The third-order valence-corrected chi connectivity index (χ3v) is 2.37. The Morgan fingerprint density at radius 3 is 2.60 bits per heavy atom. The van der Waals surface area contributed by atoms with Gasteiger partial charge in [0.15, 0.2) is 0 Å². The van der Waals surface area contributed by atoms with E-state index in [9.17, 15) is 4.79 Å². The maximum atomic E-state index is 11.2. The molecular formula is C10H16N4O. The van der Waals surface area contributed by atoms with E-state index in [0.29, 0.717) is 5.95 Å². The van der Waals surface area contributed by atoms with Crippen molar-refractivity contribution in [1.82, 2.24) is 9.97 Å². The molecule has 5 heteroatoms. The summed E-state index contributed by atoms with van der Waals surface area (Å²) in [4.78, 5) is 19.2. The van der Waals surface area contributed by atoms with Gasteiger partial charge >= 0.3 is 0 Å². The number of nitrogens with two attached hydrogens (primary N) is 1. The molecule has 0 unspecified atom stereocenters. The molecule has 15 heavy (non-hydrogen) atoms. The molecule has 1 aromatic heterocycles. The SMILES string of the molecule is CC[C@@H](C)[C@@H](Nc1ncccn1)C(N)=O. The Kier molecular flexibility index (Phi) is 4.03. The Balaban J connectivity index is 2.71. The van der Waals surface area contributed by atoms with Crippen LogP contribution in [0.5, 0.6) is 0 Å². The second-order valence-electron chi connectivity index (χ2n) is 3.48. The zero-order valence-corrected chi connectivity index (χ0v) is 8.97. The lowest BCUT2D eigenvalue weighted by Gasteiger charge is -2.20. The van der Waals surface area contributed by atoms with Crippen LogP contribution in [0.4, 0.5) is 5.95 Å². The Bertz CT molecular complexity index is 314. The molecule has 0 fully saturated rings. The van der Waals surface area contributed by atoms with E-state index in [-0.39, 0.29) is 11.8 Å². The summed E-state index contributed by atoms with van der Waals surface area (Å²) in [6, 6.07) is 1.30. The van der Waals surface area contributed by atoms with Gasteiger partial charge in [-0.15, -0.1) is 0 Å².